The molecule has 1 amide bonds. The lowest BCUT2D eigenvalue weighted by Crippen LogP contribution is -2.25. The highest BCUT2D eigenvalue weighted by Crippen LogP contribution is 2.14. The Morgan fingerprint density at radius 3 is 3.04 bits per heavy atom. The van der Waals surface area contributed by atoms with E-state index in [0.717, 1.165) is 5.76 Å². The summed E-state index contributed by atoms with van der Waals surface area (Å²) in [5.74, 6) is 1.90. The summed E-state index contributed by atoms with van der Waals surface area (Å²) in [6, 6.07) is 10.7. The van der Waals surface area contributed by atoms with Crippen LogP contribution < -0.4 is 10.1 Å². The molecule has 0 aliphatic heterocycles. The predicted molar refractivity (Wildman–Crippen MR) is 89.0 cm³/mol. The average molecular weight is 341 g/mol. The molecular weight excluding hydrogens is 322 g/mol. The minimum atomic E-state index is -0.157. The number of carbonyl (C=O) groups is 1. The molecule has 0 atom stereocenters. The molecule has 0 aliphatic carbocycles. The molecule has 0 saturated heterocycles. The van der Waals surface area contributed by atoms with Gasteiger partial charge in [-0.25, -0.2) is 4.68 Å². The van der Waals surface area contributed by atoms with Gasteiger partial charge < -0.3 is 14.5 Å². The maximum atomic E-state index is 12.2. The van der Waals surface area contributed by atoms with Crippen molar-refractivity contribution in [3.8, 4) is 5.75 Å². The van der Waals surface area contributed by atoms with Crippen LogP contribution in [0.5, 0.6) is 5.75 Å². The number of carbonyl (C=O) groups excluding carboxylic acids is 1. The maximum absolute atomic E-state index is 12.2. The van der Waals surface area contributed by atoms with E-state index >= 15 is 0 Å². The van der Waals surface area contributed by atoms with Crippen LogP contribution >= 0.6 is 0 Å². The van der Waals surface area contributed by atoms with Gasteiger partial charge in [-0.1, -0.05) is 6.07 Å². The lowest BCUT2D eigenvalue weighted by molar-refractivity contribution is 0.0953. The molecule has 0 spiro atoms. The van der Waals surface area contributed by atoms with Gasteiger partial charge in [0.05, 0.1) is 6.26 Å². The van der Waals surface area contributed by atoms with Crippen LogP contribution in [0.2, 0.25) is 0 Å². The summed E-state index contributed by atoms with van der Waals surface area (Å²) in [5.41, 5.74) is 0.534. The summed E-state index contributed by atoms with van der Waals surface area (Å²) in [6.07, 6.45) is 2.27. The Morgan fingerprint density at radius 2 is 2.24 bits per heavy atom. The van der Waals surface area contributed by atoms with Crippen LogP contribution in [0.1, 0.15) is 28.9 Å². The molecule has 0 unspecified atom stereocenters. The van der Waals surface area contributed by atoms with Crippen LogP contribution in [-0.2, 0) is 19.6 Å². The van der Waals surface area contributed by atoms with Gasteiger partial charge in [0.15, 0.2) is 5.82 Å². The first-order valence-electron chi connectivity index (χ1n) is 8.04. The zero-order chi connectivity index (χ0) is 17.5. The van der Waals surface area contributed by atoms with Crippen molar-refractivity contribution in [2.24, 2.45) is 0 Å². The Hall–Kier alpha value is -3.16. The van der Waals surface area contributed by atoms with Gasteiger partial charge in [-0.2, -0.15) is 0 Å². The van der Waals surface area contributed by atoms with Crippen molar-refractivity contribution in [1.29, 1.82) is 0 Å². The Balaban J connectivity index is 1.54. The van der Waals surface area contributed by atoms with E-state index in [-0.39, 0.29) is 12.5 Å². The van der Waals surface area contributed by atoms with Crippen LogP contribution in [-0.4, -0.2) is 32.7 Å². The summed E-state index contributed by atoms with van der Waals surface area (Å²) in [7, 11) is 0. The van der Waals surface area contributed by atoms with Gasteiger partial charge in [-0.15, -0.1) is 5.10 Å². The molecule has 0 saturated carbocycles. The van der Waals surface area contributed by atoms with Gasteiger partial charge in [0.1, 0.15) is 18.1 Å². The Kier molecular flexibility index (Phi) is 5.40. The fourth-order valence-corrected chi connectivity index (χ4v) is 2.30. The highest BCUT2D eigenvalue weighted by molar-refractivity contribution is 5.94. The first kappa shape index (κ1) is 16.7. The fraction of sp³-hybridized carbons (Fsp3) is 0.294. The van der Waals surface area contributed by atoms with E-state index in [1.807, 2.05) is 19.1 Å². The second-order valence-electron chi connectivity index (χ2n) is 5.31. The highest BCUT2D eigenvalue weighted by Gasteiger charge is 2.09. The number of aryl methyl sites for hydroxylation is 1. The number of benzene rings is 1. The number of rotatable bonds is 8. The SMILES string of the molecule is CCn1nnnc1COc1cccc(C(=O)NCCc2ccco2)c1. The number of nitrogens with zero attached hydrogens (tertiary/aromatic N) is 4. The number of hydrogen-bond acceptors (Lipinski definition) is 6. The summed E-state index contributed by atoms with van der Waals surface area (Å²) < 4.78 is 12.6. The van der Waals surface area contributed by atoms with Crippen molar-refractivity contribution in [1.82, 2.24) is 25.5 Å². The van der Waals surface area contributed by atoms with Gasteiger partial charge in [0.2, 0.25) is 0 Å². The number of furan rings is 1. The quantitative estimate of drug-likeness (QED) is 0.672. The average Bonchev–Trinajstić information content (AvgIpc) is 3.31. The van der Waals surface area contributed by atoms with E-state index in [0.29, 0.717) is 36.6 Å². The zero-order valence-electron chi connectivity index (χ0n) is 13.9. The van der Waals surface area contributed by atoms with Crippen molar-refractivity contribution >= 4 is 5.91 Å². The van der Waals surface area contributed by atoms with Gasteiger partial charge in [0, 0.05) is 25.1 Å². The summed E-state index contributed by atoms with van der Waals surface area (Å²) in [5, 5.41) is 14.2. The molecule has 8 nitrogen and oxygen atoms in total. The minimum Gasteiger partial charge on any atom is -0.486 e. The zero-order valence-corrected chi connectivity index (χ0v) is 13.9. The van der Waals surface area contributed by atoms with E-state index in [4.69, 9.17) is 9.15 Å². The summed E-state index contributed by atoms with van der Waals surface area (Å²) in [4.78, 5) is 12.2. The summed E-state index contributed by atoms with van der Waals surface area (Å²) >= 11 is 0. The van der Waals surface area contributed by atoms with Crippen molar-refractivity contribution < 1.29 is 13.9 Å². The van der Waals surface area contributed by atoms with Gasteiger partial charge >= 0.3 is 0 Å². The molecule has 3 aromatic rings. The van der Waals surface area contributed by atoms with Crippen LogP contribution in [0.15, 0.2) is 47.1 Å². The van der Waals surface area contributed by atoms with Gasteiger partial charge in [-0.3, -0.25) is 4.79 Å². The van der Waals surface area contributed by atoms with Gasteiger partial charge in [-0.05, 0) is 47.7 Å². The molecule has 3 rings (SSSR count). The number of amides is 1. The standard InChI is InChI=1S/C17H19N5O3/c1-2-22-16(19-20-21-22)12-25-15-6-3-5-13(11-15)17(23)18-9-8-14-7-4-10-24-14/h3-7,10-11H,2,8-9,12H2,1H3,(H,18,23). The second kappa shape index (κ2) is 8.09. The lowest BCUT2D eigenvalue weighted by atomic mass is 10.2. The van der Waals surface area contributed by atoms with E-state index in [1.165, 1.54) is 0 Å². The first-order valence-corrected chi connectivity index (χ1v) is 8.04. The molecule has 0 aliphatic rings. The van der Waals surface area contributed by atoms with Crippen molar-refractivity contribution in [2.45, 2.75) is 26.5 Å². The highest BCUT2D eigenvalue weighted by atomic mass is 16.5. The predicted octanol–water partition coefficient (Wildman–Crippen LogP) is 1.84. The third kappa shape index (κ3) is 4.43. The molecule has 2 heterocycles. The van der Waals surface area contributed by atoms with Crippen LogP contribution in [0, 0.1) is 0 Å². The van der Waals surface area contributed by atoms with E-state index in [9.17, 15) is 4.79 Å². The molecule has 8 heteroatoms. The summed E-state index contributed by atoms with van der Waals surface area (Å²) in [6.45, 7) is 3.37. The number of tetrazole rings is 1. The molecule has 0 bridgehead atoms. The molecule has 1 N–H and O–H groups in total. The van der Waals surface area contributed by atoms with E-state index in [1.54, 1.807) is 35.2 Å². The first-order chi connectivity index (χ1) is 12.3. The molecule has 130 valence electrons. The second-order valence-corrected chi connectivity index (χ2v) is 5.31. The fourth-order valence-electron chi connectivity index (χ4n) is 2.30. The molecule has 1 aromatic carbocycles. The number of nitrogens with one attached hydrogen (secondary N) is 1. The Labute approximate surface area is 144 Å². The van der Waals surface area contributed by atoms with Gasteiger partial charge in [0.25, 0.3) is 5.91 Å². The van der Waals surface area contributed by atoms with Crippen molar-refractivity contribution in [2.75, 3.05) is 6.54 Å². The monoisotopic (exact) mass is 341 g/mol. The normalized spacial score (nSPS) is 10.6. The largest absolute Gasteiger partial charge is 0.486 e. The lowest BCUT2D eigenvalue weighted by Gasteiger charge is -2.08. The Bertz CT molecular complexity index is 813. The molecular formula is C17H19N5O3. The van der Waals surface area contributed by atoms with Crippen molar-refractivity contribution in [3.05, 3.63) is 59.8 Å². The smallest absolute Gasteiger partial charge is 0.251 e. The minimum absolute atomic E-state index is 0.157. The Morgan fingerprint density at radius 1 is 1.32 bits per heavy atom. The molecule has 0 fully saturated rings. The van der Waals surface area contributed by atoms with Crippen LogP contribution in [0.25, 0.3) is 0 Å². The number of aromatic nitrogens is 4. The number of ether oxygens (including phenoxy) is 1. The molecule has 25 heavy (non-hydrogen) atoms. The third-order valence-corrected chi connectivity index (χ3v) is 3.61. The van der Waals surface area contributed by atoms with E-state index in [2.05, 4.69) is 20.8 Å². The number of hydrogen-bond donors (Lipinski definition) is 1. The topological polar surface area (TPSA) is 95.1 Å². The molecule has 0 radical (unpaired) electrons. The molecule has 2 aromatic heterocycles. The van der Waals surface area contributed by atoms with E-state index < -0.39 is 0 Å². The third-order valence-electron chi connectivity index (χ3n) is 3.61. The van der Waals surface area contributed by atoms with Crippen LogP contribution in [0.3, 0.4) is 0 Å². The van der Waals surface area contributed by atoms with Crippen LogP contribution in [0.4, 0.5) is 0 Å². The van der Waals surface area contributed by atoms with Crippen molar-refractivity contribution in [3.63, 3.8) is 0 Å². The maximum Gasteiger partial charge on any atom is 0.251 e.